The van der Waals surface area contributed by atoms with Crippen LogP contribution in [0, 0.1) is 17.0 Å². The van der Waals surface area contributed by atoms with Crippen molar-refractivity contribution in [2.75, 3.05) is 7.11 Å². The number of hydrogen-bond donors (Lipinski definition) is 0. The van der Waals surface area contributed by atoms with Crippen LogP contribution >= 0.6 is 11.3 Å². The summed E-state index contributed by atoms with van der Waals surface area (Å²) in [5.74, 6) is -0.437. The van der Waals surface area contributed by atoms with Gasteiger partial charge in [-0.1, -0.05) is 23.8 Å². The van der Waals surface area contributed by atoms with Crippen LogP contribution in [-0.2, 0) is 11.2 Å². The maximum Gasteiger partial charge on any atom is 0.317 e. The molecule has 0 N–H and O–H groups in total. The first kappa shape index (κ1) is 18.5. The van der Waals surface area contributed by atoms with Gasteiger partial charge in [0.15, 0.2) is 0 Å². The Morgan fingerprint density at radius 2 is 2.07 bits per heavy atom. The summed E-state index contributed by atoms with van der Waals surface area (Å²) in [6.07, 6.45) is -0.0779. The number of nitro groups is 1. The average molecular weight is 384 g/mol. The molecule has 0 aliphatic carbocycles. The van der Waals surface area contributed by atoms with Gasteiger partial charge in [-0.05, 0) is 25.1 Å². The Bertz CT molecular complexity index is 999. The molecule has 0 unspecified atom stereocenters. The van der Waals surface area contributed by atoms with E-state index < -0.39 is 10.9 Å². The number of rotatable bonds is 6. The molecule has 0 aliphatic heterocycles. The monoisotopic (exact) mass is 384 g/mol. The van der Waals surface area contributed by atoms with Crippen molar-refractivity contribution >= 4 is 23.0 Å². The number of aryl methyl sites for hydroxylation is 1. The summed E-state index contributed by atoms with van der Waals surface area (Å²) >= 11 is 1.43. The molecule has 3 aromatic rings. The zero-order valence-corrected chi connectivity index (χ0v) is 15.5. The molecular formula is C19H16N2O5S. The quantitative estimate of drug-likeness (QED) is 0.274. The summed E-state index contributed by atoms with van der Waals surface area (Å²) < 4.78 is 10.1. The molecule has 3 rings (SSSR count). The molecule has 138 valence electrons. The Balaban J connectivity index is 1.73. The SMILES string of the molecule is COc1ccc(OC(=O)Cc2csc(-c3cccc(C)c3)n2)c([N+](=O)[O-])c1. The van der Waals surface area contributed by atoms with Crippen molar-refractivity contribution in [3.63, 3.8) is 0 Å². The minimum atomic E-state index is -0.621. The predicted octanol–water partition coefficient (Wildman–Crippen LogP) is 4.18. The Morgan fingerprint density at radius 1 is 1.26 bits per heavy atom. The lowest BCUT2D eigenvalue weighted by molar-refractivity contribution is -0.385. The second-order valence-corrected chi connectivity index (χ2v) is 6.61. The minimum absolute atomic E-state index is 0.0779. The molecule has 7 nitrogen and oxygen atoms in total. The van der Waals surface area contributed by atoms with Gasteiger partial charge in [-0.3, -0.25) is 14.9 Å². The van der Waals surface area contributed by atoms with Crippen LogP contribution in [0.25, 0.3) is 10.6 Å². The van der Waals surface area contributed by atoms with Crippen LogP contribution in [0.4, 0.5) is 5.69 Å². The van der Waals surface area contributed by atoms with Gasteiger partial charge >= 0.3 is 11.7 Å². The van der Waals surface area contributed by atoms with E-state index in [-0.39, 0.29) is 17.9 Å². The second kappa shape index (κ2) is 7.96. The third-order valence-corrected chi connectivity index (χ3v) is 4.67. The molecule has 2 aromatic carbocycles. The van der Waals surface area contributed by atoms with Gasteiger partial charge in [-0.25, -0.2) is 4.98 Å². The summed E-state index contributed by atoms with van der Waals surface area (Å²) in [4.78, 5) is 27.2. The van der Waals surface area contributed by atoms with Crippen molar-refractivity contribution in [2.45, 2.75) is 13.3 Å². The van der Waals surface area contributed by atoms with E-state index in [1.54, 1.807) is 5.38 Å². The van der Waals surface area contributed by atoms with E-state index in [2.05, 4.69) is 4.98 Å². The highest BCUT2D eigenvalue weighted by atomic mass is 32.1. The summed E-state index contributed by atoms with van der Waals surface area (Å²) in [6.45, 7) is 2.00. The van der Waals surface area contributed by atoms with Gasteiger partial charge in [0.1, 0.15) is 10.8 Å². The van der Waals surface area contributed by atoms with E-state index >= 15 is 0 Å². The first-order valence-corrected chi connectivity index (χ1v) is 8.89. The zero-order valence-electron chi connectivity index (χ0n) is 14.7. The largest absolute Gasteiger partial charge is 0.496 e. The van der Waals surface area contributed by atoms with Crippen molar-refractivity contribution in [3.05, 3.63) is 69.2 Å². The van der Waals surface area contributed by atoms with Gasteiger partial charge in [-0.2, -0.15) is 0 Å². The fourth-order valence-electron chi connectivity index (χ4n) is 2.46. The number of hydrogen-bond acceptors (Lipinski definition) is 7. The van der Waals surface area contributed by atoms with Gasteiger partial charge in [-0.15, -0.1) is 11.3 Å². The van der Waals surface area contributed by atoms with Crippen LogP contribution in [0.2, 0.25) is 0 Å². The fourth-order valence-corrected chi connectivity index (χ4v) is 3.28. The van der Waals surface area contributed by atoms with Crippen LogP contribution < -0.4 is 9.47 Å². The second-order valence-electron chi connectivity index (χ2n) is 5.76. The van der Waals surface area contributed by atoms with Crippen LogP contribution in [0.5, 0.6) is 11.5 Å². The van der Waals surface area contributed by atoms with Gasteiger partial charge in [0, 0.05) is 10.9 Å². The molecular weight excluding hydrogens is 368 g/mol. The van der Waals surface area contributed by atoms with Gasteiger partial charge in [0.2, 0.25) is 5.75 Å². The van der Waals surface area contributed by atoms with Crippen LogP contribution in [0.15, 0.2) is 47.8 Å². The summed E-state index contributed by atoms with van der Waals surface area (Å²) in [7, 11) is 1.40. The number of carbonyl (C=O) groups is 1. The molecule has 0 fully saturated rings. The van der Waals surface area contributed by atoms with Gasteiger partial charge in [0.05, 0.1) is 30.2 Å². The predicted molar refractivity (Wildman–Crippen MR) is 101 cm³/mol. The molecule has 0 saturated carbocycles. The van der Waals surface area contributed by atoms with Crippen molar-refractivity contribution in [3.8, 4) is 22.1 Å². The van der Waals surface area contributed by atoms with Crippen molar-refractivity contribution < 1.29 is 19.2 Å². The number of nitrogens with zero attached hydrogens (tertiary/aromatic N) is 2. The summed E-state index contributed by atoms with van der Waals surface area (Å²) in [5.41, 5.74) is 2.32. The Kier molecular flexibility index (Phi) is 5.46. The Morgan fingerprint density at radius 3 is 2.78 bits per heavy atom. The molecule has 0 saturated heterocycles. The van der Waals surface area contributed by atoms with E-state index in [1.807, 2.05) is 31.2 Å². The number of nitro benzene ring substituents is 1. The molecule has 0 amide bonds. The van der Waals surface area contributed by atoms with E-state index in [0.717, 1.165) is 16.1 Å². The van der Waals surface area contributed by atoms with Crippen LogP contribution in [-0.4, -0.2) is 23.0 Å². The third kappa shape index (κ3) is 4.48. The Labute approximate surface area is 159 Å². The first-order chi connectivity index (χ1) is 13.0. The third-order valence-electron chi connectivity index (χ3n) is 3.73. The number of methoxy groups -OCH3 is 1. The number of aromatic nitrogens is 1. The van der Waals surface area contributed by atoms with E-state index in [9.17, 15) is 14.9 Å². The molecule has 27 heavy (non-hydrogen) atoms. The maximum atomic E-state index is 12.2. The fraction of sp³-hybridized carbons (Fsp3) is 0.158. The van der Waals surface area contributed by atoms with Crippen molar-refractivity contribution in [1.29, 1.82) is 0 Å². The summed E-state index contributed by atoms with van der Waals surface area (Å²) in [6, 6.07) is 12.0. The summed E-state index contributed by atoms with van der Waals surface area (Å²) in [5, 5.41) is 13.7. The standard InChI is InChI=1S/C19H16N2O5S/c1-12-4-3-5-13(8-12)19-20-14(11-27-19)9-18(22)26-17-7-6-15(25-2)10-16(17)21(23)24/h3-8,10-11H,9H2,1-2H3. The minimum Gasteiger partial charge on any atom is -0.496 e. The van der Waals surface area contributed by atoms with E-state index in [0.29, 0.717) is 11.4 Å². The topological polar surface area (TPSA) is 91.6 Å². The lowest BCUT2D eigenvalue weighted by Gasteiger charge is -2.06. The molecule has 8 heteroatoms. The van der Waals surface area contributed by atoms with E-state index in [1.165, 1.54) is 36.6 Å². The van der Waals surface area contributed by atoms with Crippen molar-refractivity contribution in [1.82, 2.24) is 4.98 Å². The maximum absolute atomic E-state index is 12.2. The normalized spacial score (nSPS) is 10.4. The molecule has 0 radical (unpaired) electrons. The van der Waals surface area contributed by atoms with E-state index in [4.69, 9.17) is 9.47 Å². The lowest BCUT2D eigenvalue weighted by atomic mass is 10.1. The van der Waals surface area contributed by atoms with Crippen LogP contribution in [0.3, 0.4) is 0 Å². The number of benzene rings is 2. The number of carbonyl (C=O) groups excluding carboxylic acids is 1. The zero-order chi connectivity index (χ0) is 19.4. The highest BCUT2D eigenvalue weighted by Gasteiger charge is 2.20. The van der Waals surface area contributed by atoms with Gasteiger partial charge < -0.3 is 9.47 Å². The first-order valence-electron chi connectivity index (χ1n) is 8.01. The number of esters is 1. The molecule has 1 heterocycles. The van der Waals surface area contributed by atoms with Crippen molar-refractivity contribution in [2.24, 2.45) is 0 Å². The molecule has 1 aromatic heterocycles. The highest BCUT2D eigenvalue weighted by Crippen LogP contribution is 2.31. The molecule has 0 spiro atoms. The van der Waals surface area contributed by atoms with Crippen LogP contribution in [0.1, 0.15) is 11.3 Å². The van der Waals surface area contributed by atoms with Gasteiger partial charge in [0.25, 0.3) is 0 Å². The average Bonchev–Trinajstić information content (AvgIpc) is 3.10. The smallest absolute Gasteiger partial charge is 0.317 e. The molecule has 0 bridgehead atoms. The lowest BCUT2D eigenvalue weighted by Crippen LogP contribution is -2.12. The number of thiazole rings is 1. The highest BCUT2D eigenvalue weighted by molar-refractivity contribution is 7.13. The number of ether oxygens (including phenoxy) is 2. The molecule has 0 atom stereocenters. The molecule has 0 aliphatic rings. The Hall–Kier alpha value is -3.26.